The Morgan fingerprint density at radius 3 is 2.29 bits per heavy atom. The Kier molecular flexibility index (Phi) is 3.30. The van der Waals surface area contributed by atoms with Crippen LogP contribution >= 0.6 is 11.8 Å². The van der Waals surface area contributed by atoms with E-state index in [-0.39, 0.29) is 0 Å². The Hall–Kier alpha value is -1.21. The normalized spacial score (nSPS) is 14.8. The summed E-state index contributed by atoms with van der Waals surface area (Å²) in [5.41, 5.74) is 4.52. The van der Waals surface area contributed by atoms with Gasteiger partial charge in [-0.1, -0.05) is 35.2 Å². The highest BCUT2D eigenvalue weighted by Gasteiger charge is 2.19. The smallest absolute Gasteiger partial charge is 0.0912 e. The van der Waals surface area contributed by atoms with Crippen molar-refractivity contribution in [2.45, 2.75) is 31.3 Å². The predicted octanol–water partition coefficient (Wildman–Crippen LogP) is 3.84. The highest BCUT2D eigenvalue weighted by Crippen LogP contribution is 2.32. The first-order chi connectivity index (χ1) is 7.95. The third kappa shape index (κ3) is 3.13. The van der Waals surface area contributed by atoms with E-state index in [0.29, 0.717) is 0 Å². The molecule has 2 rings (SSSR count). The molecule has 1 aromatic carbocycles. The van der Waals surface area contributed by atoms with Crippen molar-refractivity contribution < 1.29 is 5.11 Å². The molecule has 0 aliphatic heterocycles. The zero-order valence-corrected chi connectivity index (χ0v) is 11.1. The molecule has 88 valence electrons. The average molecular weight is 244 g/mol. The molecular formula is C15H16OS. The maximum atomic E-state index is 9.86. The number of benzene rings is 1. The lowest BCUT2D eigenvalue weighted by molar-refractivity contribution is 0.124. The van der Waals surface area contributed by atoms with Gasteiger partial charge in [0, 0.05) is 10.5 Å². The summed E-state index contributed by atoms with van der Waals surface area (Å²) < 4.78 is 0. The zero-order chi connectivity index (χ0) is 12.5. The number of hydrogen-bond acceptors (Lipinski definition) is 2. The Labute approximate surface area is 107 Å². The van der Waals surface area contributed by atoms with Gasteiger partial charge < -0.3 is 5.11 Å². The van der Waals surface area contributed by atoms with Crippen LogP contribution in [0.5, 0.6) is 0 Å². The molecule has 0 spiro atoms. The van der Waals surface area contributed by atoms with Gasteiger partial charge in [-0.05, 0) is 45.1 Å². The lowest BCUT2D eigenvalue weighted by Gasteiger charge is -2.14. The van der Waals surface area contributed by atoms with Crippen molar-refractivity contribution in [1.29, 1.82) is 0 Å². The summed E-state index contributed by atoms with van der Waals surface area (Å²) in [6, 6.07) is 8.40. The third-order valence-corrected chi connectivity index (χ3v) is 3.53. The van der Waals surface area contributed by atoms with E-state index in [1.165, 1.54) is 10.5 Å². The Bertz CT molecular complexity index is 509. The van der Waals surface area contributed by atoms with E-state index in [0.717, 1.165) is 10.5 Å². The van der Waals surface area contributed by atoms with Crippen LogP contribution in [0, 0.1) is 6.92 Å². The minimum atomic E-state index is -0.813. The van der Waals surface area contributed by atoms with Gasteiger partial charge >= 0.3 is 0 Å². The van der Waals surface area contributed by atoms with E-state index >= 15 is 0 Å². The summed E-state index contributed by atoms with van der Waals surface area (Å²) in [5.74, 6) is 0. The van der Waals surface area contributed by atoms with Crippen LogP contribution in [0.25, 0.3) is 0 Å². The topological polar surface area (TPSA) is 20.2 Å². The molecule has 1 aromatic rings. The fourth-order valence-electron chi connectivity index (χ4n) is 1.52. The molecule has 1 nitrogen and oxygen atoms in total. The van der Waals surface area contributed by atoms with Gasteiger partial charge in [-0.3, -0.25) is 0 Å². The summed E-state index contributed by atoms with van der Waals surface area (Å²) in [6.45, 7) is 5.63. The van der Waals surface area contributed by atoms with Crippen molar-refractivity contribution in [2.75, 3.05) is 0 Å². The van der Waals surface area contributed by atoms with Crippen LogP contribution in [0.2, 0.25) is 0 Å². The summed E-state index contributed by atoms with van der Waals surface area (Å²) in [4.78, 5) is 2.24. The lowest BCUT2D eigenvalue weighted by atomic mass is 10.0. The van der Waals surface area contributed by atoms with Crippen LogP contribution in [0.15, 0.2) is 57.5 Å². The van der Waals surface area contributed by atoms with Crippen molar-refractivity contribution >= 4 is 11.8 Å². The number of thioether (sulfide) groups is 1. The molecule has 1 aliphatic rings. The van der Waals surface area contributed by atoms with Crippen molar-refractivity contribution in [3.8, 4) is 0 Å². The number of aryl methyl sites for hydroxylation is 1. The first-order valence-electron chi connectivity index (χ1n) is 5.61. The quantitative estimate of drug-likeness (QED) is 0.815. The van der Waals surface area contributed by atoms with Gasteiger partial charge in [-0.2, -0.15) is 0 Å². The molecule has 0 bridgehead atoms. The van der Waals surface area contributed by atoms with Crippen molar-refractivity contribution in [3.05, 3.63) is 58.2 Å². The molecule has 0 amide bonds. The lowest BCUT2D eigenvalue weighted by Crippen LogP contribution is -2.19. The standard InChI is InChI=1S/C15H16OS/c1-11-4-7-13(8-5-11)17-14-9-6-12(10-14)15(2,3)16/h4-9,16H,1-3H3. The molecule has 0 atom stereocenters. The molecule has 0 radical (unpaired) electrons. The molecule has 0 saturated heterocycles. The second-order valence-electron chi connectivity index (χ2n) is 4.71. The number of aliphatic hydroxyl groups is 1. The van der Waals surface area contributed by atoms with Gasteiger partial charge in [0.2, 0.25) is 0 Å². The van der Waals surface area contributed by atoms with E-state index in [4.69, 9.17) is 0 Å². The molecular weight excluding hydrogens is 228 g/mol. The zero-order valence-electron chi connectivity index (χ0n) is 10.3. The van der Waals surface area contributed by atoms with Gasteiger partial charge in [-0.25, -0.2) is 0 Å². The summed E-state index contributed by atoms with van der Waals surface area (Å²) in [5, 5.41) is 9.86. The van der Waals surface area contributed by atoms with Crippen molar-refractivity contribution in [1.82, 2.24) is 0 Å². The first kappa shape index (κ1) is 12.3. The molecule has 1 aliphatic carbocycles. The Morgan fingerprint density at radius 1 is 1.12 bits per heavy atom. The monoisotopic (exact) mass is 244 g/mol. The first-order valence-corrected chi connectivity index (χ1v) is 6.43. The maximum absolute atomic E-state index is 9.86. The van der Waals surface area contributed by atoms with Crippen LogP contribution in [0.3, 0.4) is 0 Å². The Morgan fingerprint density at radius 2 is 1.76 bits per heavy atom. The van der Waals surface area contributed by atoms with E-state index in [1.807, 2.05) is 12.2 Å². The molecule has 0 aromatic heterocycles. The summed E-state index contributed by atoms with van der Waals surface area (Å²) >= 11 is 1.67. The summed E-state index contributed by atoms with van der Waals surface area (Å²) in [6.07, 6.45) is 3.92. The molecule has 0 saturated carbocycles. The molecule has 0 heterocycles. The van der Waals surface area contributed by atoms with Gasteiger partial charge in [0.15, 0.2) is 0 Å². The SMILES string of the molecule is Cc1ccc(SC2=C=C(C(C)(C)O)C=C2)cc1. The second kappa shape index (κ2) is 4.58. The number of rotatable bonds is 3. The van der Waals surface area contributed by atoms with Crippen LogP contribution in [0.1, 0.15) is 19.4 Å². The van der Waals surface area contributed by atoms with Crippen molar-refractivity contribution in [3.63, 3.8) is 0 Å². The summed E-state index contributed by atoms with van der Waals surface area (Å²) in [7, 11) is 0. The van der Waals surface area contributed by atoms with Crippen LogP contribution < -0.4 is 0 Å². The average Bonchev–Trinajstić information content (AvgIpc) is 2.69. The Balaban J connectivity index is 2.19. The largest absolute Gasteiger partial charge is 0.385 e. The van der Waals surface area contributed by atoms with Gasteiger partial charge in [0.1, 0.15) is 0 Å². The molecule has 0 unspecified atom stereocenters. The molecule has 2 heteroatoms. The number of hydrogen-bond donors (Lipinski definition) is 1. The molecule has 0 fully saturated rings. The van der Waals surface area contributed by atoms with Crippen LogP contribution in [-0.2, 0) is 0 Å². The predicted molar refractivity (Wildman–Crippen MR) is 73.0 cm³/mol. The minimum Gasteiger partial charge on any atom is -0.385 e. The highest BCUT2D eigenvalue weighted by molar-refractivity contribution is 8.03. The highest BCUT2D eigenvalue weighted by atomic mass is 32.2. The maximum Gasteiger partial charge on any atom is 0.0912 e. The van der Waals surface area contributed by atoms with Gasteiger partial charge in [0.05, 0.1) is 10.5 Å². The van der Waals surface area contributed by atoms with Crippen LogP contribution in [0.4, 0.5) is 0 Å². The fraction of sp³-hybridized carbons (Fsp3) is 0.267. The van der Waals surface area contributed by atoms with Crippen molar-refractivity contribution in [2.24, 2.45) is 0 Å². The fourth-order valence-corrected chi connectivity index (χ4v) is 2.35. The molecule has 17 heavy (non-hydrogen) atoms. The molecule has 1 N–H and O–H groups in total. The van der Waals surface area contributed by atoms with Gasteiger partial charge in [0.25, 0.3) is 0 Å². The second-order valence-corrected chi connectivity index (χ2v) is 5.83. The van der Waals surface area contributed by atoms with E-state index < -0.39 is 5.60 Å². The van der Waals surface area contributed by atoms with Crippen LogP contribution in [-0.4, -0.2) is 10.7 Å². The minimum absolute atomic E-state index is 0.813. The van der Waals surface area contributed by atoms with E-state index in [2.05, 4.69) is 36.9 Å². The van der Waals surface area contributed by atoms with E-state index in [1.54, 1.807) is 25.6 Å². The van der Waals surface area contributed by atoms with E-state index in [9.17, 15) is 5.11 Å². The van der Waals surface area contributed by atoms with Gasteiger partial charge in [-0.15, -0.1) is 0 Å². The third-order valence-electron chi connectivity index (χ3n) is 2.57.